The van der Waals surface area contributed by atoms with Gasteiger partial charge in [0.15, 0.2) is 0 Å². The van der Waals surface area contributed by atoms with Crippen LogP contribution in [-0.2, 0) is 11.8 Å². The van der Waals surface area contributed by atoms with Crippen molar-refractivity contribution in [1.29, 1.82) is 0 Å². The monoisotopic (exact) mass is 404 g/mol. The second-order valence-corrected chi connectivity index (χ2v) is 8.19. The van der Waals surface area contributed by atoms with Gasteiger partial charge in [-0.25, -0.2) is 0 Å². The van der Waals surface area contributed by atoms with Crippen LogP contribution in [0, 0.1) is 0 Å². The molecule has 1 aliphatic heterocycles. The molecule has 2 heteroatoms. The fourth-order valence-corrected chi connectivity index (χ4v) is 4.99. The molecule has 1 N–H and O–H groups in total. The molecular weight excluding hydrogens is 376 g/mol. The van der Waals surface area contributed by atoms with E-state index in [1.807, 2.05) is 13.8 Å². The normalized spacial score (nSPS) is 18.7. The number of nitrogens with one attached hydrogen (secondary N) is 1. The van der Waals surface area contributed by atoms with E-state index in [1.54, 1.807) is 0 Å². The van der Waals surface area contributed by atoms with E-state index in [9.17, 15) is 0 Å². The maximum Gasteiger partial charge on any atom is 0.0686 e. The standard InChI is InChI=1S/C27H22N2.C2H6/c1-27(19-12-6-3-7-13-19)22-17-24-21(20-14-8-9-15-23(20)28-24)16-25(22)29-26(27)18-10-4-2-5-11-18;1-2/h2-8,10-14,16-17,28H,9,15H2,1H3;1-2H3. The van der Waals surface area contributed by atoms with Gasteiger partial charge >= 0.3 is 0 Å². The quantitative estimate of drug-likeness (QED) is 0.356. The summed E-state index contributed by atoms with van der Waals surface area (Å²) in [6.45, 7) is 6.31. The summed E-state index contributed by atoms with van der Waals surface area (Å²) in [7, 11) is 0. The number of hydrogen-bond donors (Lipinski definition) is 1. The molecule has 0 saturated heterocycles. The van der Waals surface area contributed by atoms with E-state index in [0.717, 1.165) is 24.2 Å². The molecule has 2 nitrogen and oxygen atoms in total. The molecule has 1 atom stereocenters. The number of aromatic nitrogens is 1. The molecule has 2 heterocycles. The molecule has 2 aliphatic rings. The first kappa shape index (κ1) is 19.6. The summed E-state index contributed by atoms with van der Waals surface area (Å²) in [4.78, 5) is 8.90. The largest absolute Gasteiger partial charge is 0.358 e. The number of rotatable bonds is 2. The highest BCUT2D eigenvalue weighted by Gasteiger charge is 2.42. The van der Waals surface area contributed by atoms with Gasteiger partial charge in [0.2, 0.25) is 0 Å². The van der Waals surface area contributed by atoms with Crippen LogP contribution in [0.5, 0.6) is 0 Å². The molecule has 1 unspecified atom stereocenters. The molecule has 0 bridgehead atoms. The van der Waals surface area contributed by atoms with E-state index in [0.29, 0.717) is 0 Å². The van der Waals surface area contributed by atoms with Crippen molar-refractivity contribution < 1.29 is 0 Å². The van der Waals surface area contributed by atoms with Crippen molar-refractivity contribution in [3.8, 4) is 0 Å². The van der Waals surface area contributed by atoms with Crippen molar-refractivity contribution >= 4 is 28.4 Å². The van der Waals surface area contributed by atoms with Gasteiger partial charge in [0, 0.05) is 22.2 Å². The average molecular weight is 405 g/mol. The summed E-state index contributed by atoms with van der Waals surface area (Å²) in [5, 5.41) is 1.28. The zero-order valence-electron chi connectivity index (χ0n) is 18.4. The molecular formula is C29H28N2. The van der Waals surface area contributed by atoms with E-state index >= 15 is 0 Å². The van der Waals surface area contributed by atoms with Crippen LogP contribution in [0.4, 0.5) is 5.69 Å². The lowest BCUT2D eigenvalue weighted by Crippen LogP contribution is -2.31. The van der Waals surface area contributed by atoms with Gasteiger partial charge in [-0.05, 0) is 48.6 Å². The Morgan fingerprint density at radius 2 is 1.61 bits per heavy atom. The number of fused-ring (bicyclic) bond motifs is 4. The Hall–Kier alpha value is -3.39. The summed E-state index contributed by atoms with van der Waals surface area (Å²) in [6.07, 6.45) is 6.73. The molecule has 31 heavy (non-hydrogen) atoms. The Balaban J connectivity index is 0.000000994. The smallest absolute Gasteiger partial charge is 0.0686 e. The second kappa shape index (κ2) is 7.70. The number of nitrogens with zero attached hydrogens (tertiary/aromatic N) is 1. The van der Waals surface area contributed by atoms with Crippen molar-refractivity contribution in [3.63, 3.8) is 0 Å². The van der Waals surface area contributed by atoms with Crippen LogP contribution >= 0.6 is 0 Å². The lowest BCUT2D eigenvalue weighted by atomic mass is 9.71. The predicted octanol–water partition coefficient (Wildman–Crippen LogP) is 7.59. The van der Waals surface area contributed by atoms with Crippen LogP contribution in [0.15, 0.2) is 83.9 Å². The van der Waals surface area contributed by atoms with Gasteiger partial charge < -0.3 is 4.98 Å². The highest BCUT2D eigenvalue weighted by molar-refractivity contribution is 6.15. The number of allylic oxidation sites excluding steroid dienone is 1. The van der Waals surface area contributed by atoms with Crippen molar-refractivity contribution in [1.82, 2.24) is 4.98 Å². The lowest BCUT2D eigenvalue weighted by Gasteiger charge is -2.29. The minimum absolute atomic E-state index is 0.284. The molecule has 0 saturated carbocycles. The number of hydrogen-bond acceptors (Lipinski definition) is 1. The number of H-pyrrole nitrogens is 1. The molecule has 0 fully saturated rings. The summed E-state index contributed by atoms with van der Waals surface area (Å²) >= 11 is 0. The van der Waals surface area contributed by atoms with E-state index < -0.39 is 0 Å². The molecule has 3 aromatic carbocycles. The lowest BCUT2D eigenvalue weighted by molar-refractivity contribution is 0.795. The molecule has 0 radical (unpaired) electrons. The average Bonchev–Trinajstić information content (AvgIpc) is 3.35. The third kappa shape index (κ3) is 2.97. The van der Waals surface area contributed by atoms with Crippen LogP contribution in [0.2, 0.25) is 0 Å². The highest BCUT2D eigenvalue weighted by Crippen LogP contribution is 2.48. The van der Waals surface area contributed by atoms with E-state index in [2.05, 4.69) is 96.9 Å². The van der Waals surface area contributed by atoms with Crippen molar-refractivity contribution in [3.05, 3.63) is 107 Å². The van der Waals surface area contributed by atoms with E-state index in [-0.39, 0.29) is 5.41 Å². The van der Waals surface area contributed by atoms with Crippen LogP contribution in [0.3, 0.4) is 0 Å². The first-order chi connectivity index (χ1) is 15.2. The fraction of sp³-hybridized carbons (Fsp3) is 0.207. The molecule has 1 aliphatic carbocycles. The first-order valence-corrected chi connectivity index (χ1v) is 11.3. The van der Waals surface area contributed by atoms with Crippen molar-refractivity contribution in [2.45, 2.75) is 39.0 Å². The van der Waals surface area contributed by atoms with Gasteiger partial charge in [0.05, 0.1) is 16.8 Å². The maximum absolute atomic E-state index is 5.21. The maximum atomic E-state index is 5.21. The highest BCUT2D eigenvalue weighted by atomic mass is 14.8. The Kier molecular flexibility index (Phi) is 4.86. The minimum atomic E-state index is -0.284. The van der Waals surface area contributed by atoms with Crippen LogP contribution in [-0.4, -0.2) is 10.7 Å². The third-order valence-electron chi connectivity index (χ3n) is 6.53. The topological polar surface area (TPSA) is 28.1 Å². The summed E-state index contributed by atoms with van der Waals surface area (Å²) in [6, 6.07) is 26.0. The van der Waals surface area contributed by atoms with Crippen molar-refractivity contribution in [2.75, 3.05) is 0 Å². The summed E-state index contributed by atoms with van der Waals surface area (Å²) in [5.74, 6) is 0. The zero-order valence-corrected chi connectivity index (χ0v) is 18.4. The number of benzene rings is 3. The van der Waals surface area contributed by atoms with Crippen LogP contribution < -0.4 is 0 Å². The van der Waals surface area contributed by atoms with Gasteiger partial charge in [-0.3, -0.25) is 4.99 Å². The van der Waals surface area contributed by atoms with Gasteiger partial charge in [-0.2, -0.15) is 0 Å². The first-order valence-electron chi connectivity index (χ1n) is 11.3. The minimum Gasteiger partial charge on any atom is -0.358 e. The second-order valence-electron chi connectivity index (χ2n) is 8.19. The third-order valence-corrected chi connectivity index (χ3v) is 6.53. The molecule has 4 aromatic rings. The van der Waals surface area contributed by atoms with E-state index in [1.165, 1.54) is 38.9 Å². The Bertz CT molecular complexity index is 1290. The Morgan fingerprint density at radius 3 is 2.35 bits per heavy atom. The van der Waals surface area contributed by atoms with Gasteiger partial charge in [-0.1, -0.05) is 86.7 Å². The number of aromatic amines is 1. The summed E-state index contributed by atoms with van der Waals surface area (Å²) < 4.78 is 0. The SMILES string of the molecule is CC.CC1(c2ccccc2)C(c2ccccc2)=Nc2cc3c4c([nH]c3cc21)CCC=C4. The molecule has 0 amide bonds. The predicted molar refractivity (Wildman–Crippen MR) is 133 cm³/mol. The zero-order chi connectivity index (χ0) is 21.4. The van der Waals surface area contributed by atoms with Gasteiger partial charge in [-0.15, -0.1) is 0 Å². The Labute approximate surface area is 184 Å². The molecule has 6 rings (SSSR count). The number of aliphatic imine (C=N–C) groups is 1. The fourth-order valence-electron chi connectivity index (χ4n) is 4.99. The van der Waals surface area contributed by atoms with Gasteiger partial charge in [0.25, 0.3) is 0 Å². The molecule has 0 spiro atoms. The van der Waals surface area contributed by atoms with E-state index in [4.69, 9.17) is 4.99 Å². The number of aryl methyl sites for hydroxylation is 1. The molecule has 1 aromatic heterocycles. The summed E-state index contributed by atoms with van der Waals surface area (Å²) in [5.41, 5.74) is 9.55. The van der Waals surface area contributed by atoms with Crippen molar-refractivity contribution in [2.24, 2.45) is 4.99 Å². The molecule has 154 valence electrons. The van der Waals surface area contributed by atoms with Crippen LogP contribution in [0.1, 0.15) is 55.1 Å². The Morgan fingerprint density at radius 1 is 0.903 bits per heavy atom. The van der Waals surface area contributed by atoms with Gasteiger partial charge in [0.1, 0.15) is 0 Å². The van der Waals surface area contributed by atoms with Crippen LogP contribution in [0.25, 0.3) is 17.0 Å².